The molecule has 1 aliphatic rings. The van der Waals surface area contributed by atoms with Gasteiger partial charge in [0, 0.05) is 42.5 Å². The van der Waals surface area contributed by atoms with Crippen molar-refractivity contribution in [2.75, 3.05) is 18.5 Å². The largest absolute Gasteiger partial charge is 0.374 e. The quantitative estimate of drug-likeness (QED) is 0.714. The average molecular weight is 242 g/mol. The number of hydrogen-bond donors (Lipinski definition) is 1. The Labute approximate surface area is 106 Å². The zero-order valence-electron chi connectivity index (χ0n) is 9.73. The van der Waals surface area contributed by atoms with E-state index in [0.29, 0.717) is 0 Å². The molecule has 0 unspecified atom stereocenters. The van der Waals surface area contributed by atoms with Gasteiger partial charge in [0.2, 0.25) is 0 Å². The number of likely N-dealkylation sites (N-methyl/N-ethyl adjacent to an activating group) is 1. The van der Waals surface area contributed by atoms with Crippen LogP contribution in [0.5, 0.6) is 0 Å². The van der Waals surface area contributed by atoms with E-state index in [1.54, 1.807) is 0 Å². The van der Waals surface area contributed by atoms with E-state index in [4.69, 9.17) is 12.2 Å². The Bertz CT molecular complexity index is 616. The lowest BCUT2D eigenvalue weighted by molar-refractivity contribution is 0.865. The first-order chi connectivity index (χ1) is 8.25. The van der Waals surface area contributed by atoms with Gasteiger partial charge in [0.05, 0.1) is 0 Å². The van der Waals surface area contributed by atoms with Crippen molar-refractivity contribution in [1.82, 2.24) is 4.98 Å². The van der Waals surface area contributed by atoms with Crippen molar-refractivity contribution in [3.8, 4) is 11.1 Å². The number of aromatic amines is 1. The van der Waals surface area contributed by atoms with E-state index in [1.165, 1.54) is 22.5 Å². The van der Waals surface area contributed by atoms with Gasteiger partial charge in [-0.25, -0.2) is 0 Å². The van der Waals surface area contributed by atoms with Gasteiger partial charge in [-0.15, -0.1) is 0 Å². The van der Waals surface area contributed by atoms with Crippen LogP contribution in [0.4, 0.5) is 5.69 Å². The van der Waals surface area contributed by atoms with Crippen molar-refractivity contribution in [3.05, 3.63) is 46.7 Å². The highest BCUT2D eigenvalue weighted by atomic mass is 32.1. The molecule has 1 aliphatic heterocycles. The number of rotatable bonds is 0. The summed E-state index contributed by atoms with van der Waals surface area (Å²) in [5.41, 5.74) is 5.10. The predicted octanol–water partition coefficient (Wildman–Crippen LogP) is 3.40. The van der Waals surface area contributed by atoms with Crippen LogP contribution < -0.4 is 4.90 Å². The minimum absolute atomic E-state index is 0.811. The second kappa shape index (κ2) is 4.00. The smallest absolute Gasteiger partial charge is 0.103 e. The standard InChI is InChI=1S/C14H14N2S/c1-16-9-8-12-10(6-7-14(17)15-12)11-4-2-3-5-13(11)16/h2-7H,8-9H2,1H3,(H,15,17). The predicted molar refractivity (Wildman–Crippen MR) is 74.0 cm³/mol. The maximum atomic E-state index is 5.20. The highest BCUT2D eigenvalue weighted by Crippen LogP contribution is 2.34. The van der Waals surface area contributed by atoms with Gasteiger partial charge in [-0.05, 0) is 18.2 Å². The maximum Gasteiger partial charge on any atom is 0.103 e. The van der Waals surface area contributed by atoms with Crippen molar-refractivity contribution >= 4 is 17.9 Å². The number of nitrogens with zero attached hydrogens (tertiary/aromatic N) is 1. The lowest BCUT2D eigenvalue weighted by Gasteiger charge is -2.18. The number of H-pyrrole nitrogens is 1. The molecule has 0 spiro atoms. The van der Waals surface area contributed by atoms with Crippen molar-refractivity contribution in [2.45, 2.75) is 6.42 Å². The molecule has 0 saturated heterocycles. The van der Waals surface area contributed by atoms with Crippen LogP contribution in [0.2, 0.25) is 0 Å². The Morgan fingerprint density at radius 3 is 2.82 bits per heavy atom. The number of aromatic nitrogens is 1. The molecule has 0 fully saturated rings. The van der Waals surface area contributed by atoms with Crippen LogP contribution in [0.3, 0.4) is 0 Å². The number of anilines is 1. The number of nitrogens with one attached hydrogen (secondary N) is 1. The van der Waals surface area contributed by atoms with Gasteiger partial charge in [0.15, 0.2) is 0 Å². The third-order valence-corrected chi connectivity index (χ3v) is 3.54. The van der Waals surface area contributed by atoms with Gasteiger partial charge in [0.1, 0.15) is 4.64 Å². The summed E-state index contributed by atoms with van der Waals surface area (Å²) >= 11 is 5.20. The molecule has 2 nitrogen and oxygen atoms in total. The monoisotopic (exact) mass is 242 g/mol. The van der Waals surface area contributed by atoms with E-state index in [0.717, 1.165) is 17.6 Å². The molecular weight excluding hydrogens is 228 g/mol. The van der Waals surface area contributed by atoms with Crippen molar-refractivity contribution < 1.29 is 0 Å². The number of hydrogen-bond acceptors (Lipinski definition) is 2. The molecule has 1 aromatic heterocycles. The summed E-state index contributed by atoms with van der Waals surface area (Å²) in [4.78, 5) is 5.62. The van der Waals surface area contributed by atoms with E-state index in [-0.39, 0.29) is 0 Å². The molecule has 2 aromatic rings. The van der Waals surface area contributed by atoms with Crippen LogP contribution in [-0.4, -0.2) is 18.6 Å². The Morgan fingerprint density at radius 1 is 1.12 bits per heavy atom. The molecule has 17 heavy (non-hydrogen) atoms. The van der Waals surface area contributed by atoms with Gasteiger partial charge < -0.3 is 9.88 Å². The molecular formula is C14H14N2S. The Morgan fingerprint density at radius 2 is 1.94 bits per heavy atom. The number of benzene rings is 1. The third-order valence-electron chi connectivity index (χ3n) is 3.30. The van der Waals surface area contributed by atoms with Crippen LogP contribution in [0.25, 0.3) is 11.1 Å². The van der Waals surface area contributed by atoms with Crippen LogP contribution >= 0.6 is 12.2 Å². The van der Waals surface area contributed by atoms with Gasteiger partial charge in [-0.3, -0.25) is 0 Å². The molecule has 1 N–H and O–H groups in total. The molecule has 2 heterocycles. The highest BCUT2D eigenvalue weighted by Gasteiger charge is 2.16. The summed E-state index contributed by atoms with van der Waals surface area (Å²) < 4.78 is 0.811. The minimum Gasteiger partial charge on any atom is -0.374 e. The lowest BCUT2D eigenvalue weighted by atomic mass is 10.0. The summed E-state index contributed by atoms with van der Waals surface area (Å²) in [6, 6.07) is 12.6. The fourth-order valence-electron chi connectivity index (χ4n) is 2.40. The summed E-state index contributed by atoms with van der Waals surface area (Å²) in [5.74, 6) is 0. The van der Waals surface area contributed by atoms with Crippen LogP contribution in [0.1, 0.15) is 5.69 Å². The van der Waals surface area contributed by atoms with E-state index < -0.39 is 0 Å². The van der Waals surface area contributed by atoms with E-state index in [9.17, 15) is 0 Å². The van der Waals surface area contributed by atoms with E-state index >= 15 is 0 Å². The van der Waals surface area contributed by atoms with Crippen molar-refractivity contribution in [3.63, 3.8) is 0 Å². The molecule has 0 saturated carbocycles. The van der Waals surface area contributed by atoms with Crippen LogP contribution in [-0.2, 0) is 6.42 Å². The molecule has 3 heteroatoms. The topological polar surface area (TPSA) is 19.0 Å². The zero-order valence-corrected chi connectivity index (χ0v) is 10.6. The molecule has 1 aromatic carbocycles. The number of pyridine rings is 1. The summed E-state index contributed by atoms with van der Waals surface area (Å²) in [7, 11) is 2.14. The summed E-state index contributed by atoms with van der Waals surface area (Å²) in [6.07, 6.45) is 1.00. The molecule has 0 atom stereocenters. The Kier molecular flexibility index (Phi) is 2.48. The Hall–Kier alpha value is -1.61. The second-order valence-corrected chi connectivity index (χ2v) is 4.84. The molecule has 0 bridgehead atoms. The van der Waals surface area contributed by atoms with E-state index in [1.807, 2.05) is 6.07 Å². The fourth-order valence-corrected chi connectivity index (χ4v) is 2.59. The fraction of sp³-hybridized carbons (Fsp3) is 0.214. The SMILES string of the molecule is CN1CCc2[nH]c(=S)ccc2-c2ccccc21. The maximum absolute atomic E-state index is 5.20. The third kappa shape index (κ3) is 1.76. The molecule has 86 valence electrons. The normalized spacial score (nSPS) is 13.8. The molecule has 0 radical (unpaired) electrons. The summed E-state index contributed by atoms with van der Waals surface area (Å²) in [5, 5.41) is 0. The zero-order chi connectivity index (χ0) is 11.8. The first kappa shape index (κ1) is 10.5. The van der Waals surface area contributed by atoms with Gasteiger partial charge in [-0.2, -0.15) is 0 Å². The Balaban J connectivity index is 2.30. The van der Waals surface area contributed by atoms with Gasteiger partial charge >= 0.3 is 0 Å². The van der Waals surface area contributed by atoms with Crippen LogP contribution in [0.15, 0.2) is 36.4 Å². The minimum atomic E-state index is 0.811. The van der Waals surface area contributed by atoms with Gasteiger partial charge in [-0.1, -0.05) is 30.4 Å². The molecule has 0 aliphatic carbocycles. The van der Waals surface area contributed by atoms with Crippen molar-refractivity contribution in [1.29, 1.82) is 0 Å². The average Bonchev–Trinajstić information content (AvgIpc) is 2.48. The van der Waals surface area contributed by atoms with Crippen molar-refractivity contribution in [2.24, 2.45) is 0 Å². The first-order valence-electron chi connectivity index (χ1n) is 5.78. The molecule has 0 amide bonds. The second-order valence-electron chi connectivity index (χ2n) is 4.40. The highest BCUT2D eigenvalue weighted by molar-refractivity contribution is 7.71. The number of para-hydroxylation sites is 1. The van der Waals surface area contributed by atoms with Gasteiger partial charge in [0.25, 0.3) is 0 Å². The van der Waals surface area contributed by atoms with Crippen LogP contribution in [0, 0.1) is 4.64 Å². The molecule has 3 rings (SSSR count). The summed E-state index contributed by atoms with van der Waals surface area (Å²) in [6.45, 7) is 1.01. The number of fused-ring (bicyclic) bond motifs is 3. The van der Waals surface area contributed by atoms with E-state index in [2.05, 4.69) is 47.3 Å². The first-order valence-corrected chi connectivity index (χ1v) is 6.19. The lowest BCUT2D eigenvalue weighted by Crippen LogP contribution is -2.19.